The highest BCUT2D eigenvalue weighted by atomic mass is 35.5. The number of benzene rings is 2. The lowest BCUT2D eigenvalue weighted by Crippen LogP contribution is -2.31. The Balaban J connectivity index is 1.98. The summed E-state index contributed by atoms with van der Waals surface area (Å²) in [4.78, 5) is 0.249. The lowest BCUT2D eigenvalue weighted by atomic mass is 10.2. The van der Waals surface area contributed by atoms with Gasteiger partial charge in [-0.1, -0.05) is 11.6 Å². The molecule has 2 aromatic rings. The third kappa shape index (κ3) is 4.41. The fourth-order valence-corrected chi connectivity index (χ4v) is 3.74. The molecule has 0 amide bonds. The predicted molar refractivity (Wildman–Crippen MR) is 94.5 cm³/mol. The van der Waals surface area contributed by atoms with E-state index in [1.807, 2.05) is 0 Å². The van der Waals surface area contributed by atoms with Gasteiger partial charge in [0.1, 0.15) is 18.1 Å². The Morgan fingerprint density at radius 3 is 2.29 bits per heavy atom. The number of methoxy groups -OCH3 is 1. The van der Waals surface area contributed by atoms with Gasteiger partial charge in [-0.2, -0.15) is 4.31 Å². The van der Waals surface area contributed by atoms with E-state index in [9.17, 15) is 8.42 Å². The van der Waals surface area contributed by atoms with E-state index >= 15 is 0 Å². The molecule has 0 spiro atoms. The fraction of sp³-hybridized carbons (Fsp3) is 0.294. The van der Waals surface area contributed by atoms with Gasteiger partial charge in [-0.15, -0.1) is 0 Å². The van der Waals surface area contributed by atoms with Crippen LogP contribution in [0.4, 0.5) is 0 Å². The van der Waals surface area contributed by atoms with Crippen molar-refractivity contribution in [2.75, 3.05) is 27.3 Å². The molecule has 0 bridgehead atoms. The fourth-order valence-electron chi connectivity index (χ4n) is 2.15. The number of likely N-dealkylation sites (N-methyl/N-ethyl adjacent to an activating group) is 1. The van der Waals surface area contributed by atoms with Crippen LogP contribution in [0.3, 0.4) is 0 Å². The molecule has 0 aliphatic carbocycles. The van der Waals surface area contributed by atoms with Gasteiger partial charge in [0.25, 0.3) is 0 Å². The molecule has 0 N–H and O–H groups in total. The molecule has 0 saturated heterocycles. The van der Waals surface area contributed by atoms with Gasteiger partial charge in [0.05, 0.1) is 12.0 Å². The van der Waals surface area contributed by atoms with Gasteiger partial charge in [-0.05, 0) is 55.0 Å². The molecule has 0 fully saturated rings. The van der Waals surface area contributed by atoms with E-state index in [4.69, 9.17) is 21.1 Å². The van der Waals surface area contributed by atoms with E-state index in [-0.39, 0.29) is 18.0 Å². The van der Waals surface area contributed by atoms with E-state index in [1.54, 1.807) is 50.4 Å². The molecule has 2 aromatic carbocycles. The molecule has 0 atom stereocenters. The number of hydrogen-bond acceptors (Lipinski definition) is 4. The smallest absolute Gasteiger partial charge is 0.243 e. The van der Waals surface area contributed by atoms with Gasteiger partial charge in [0, 0.05) is 18.6 Å². The number of hydrogen-bond donors (Lipinski definition) is 0. The van der Waals surface area contributed by atoms with Gasteiger partial charge in [-0.25, -0.2) is 8.42 Å². The van der Waals surface area contributed by atoms with Gasteiger partial charge in [0.2, 0.25) is 10.0 Å². The first-order chi connectivity index (χ1) is 11.3. The Morgan fingerprint density at radius 2 is 1.71 bits per heavy atom. The molecule has 0 unspecified atom stereocenters. The first kappa shape index (κ1) is 18.6. The Kier molecular flexibility index (Phi) is 6.10. The number of sulfonamides is 1. The van der Waals surface area contributed by atoms with Crippen LogP contribution in [-0.2, 0) is 10.0 Å². The minimum atomic E-state index is -3.58. The molecule has 0 heterocycles. The van der Waals surface area contributed by atoms with E-state index in [0.717, 1.165) is 5.75 Å². The van der Waals surface area contributed by atoms with Crippen molar-refractivity contribution >= 4 is 21.6 Å². The first-order valence-corrected chi connectivity index (χ1v) is 9.16. The molecule has 2 rings (SSSR count). The lowest BCUT2D eigenvalue weighted by molar-refractivity contribution is 0.286. The van der Waals surface area contributed by atoms with Crippen molar-refractivity contribution in [2.45, 2.75) is 11.8 Å². The summed E-state index contributed by atoms with van der Waals surface area (Å²) in [7, 11) is -0.457. The zero-order valence-electron chi connectivity index (χ0n) is 13.8. The molecule has 0 aromatic heterocycles. The SMILES string of the molecule is COc1ccc(OCCN(C)S(=O)(=O)c2ccc(Cl)cc2C)cc1. The summed E-state index contributed by atoms with van der Waals surface area (Å²) < 4.78 is 37.1. The largest absolute Gasteiger partial charge is 0.497 e. The monoisotopic (exact) mass is 369 g/mol. The van der Waals surface area contributed by atoms with Crippen LogP contribution in [0.5, 0.6) is 11.5 Å². The van der Waals surface area contributed by atoms with Crippen molar-refractivity contribution in [2.24, 2.45) is 0 Å². The summed E-state index contributed by atoms with van der Waals surface area (Å²) in [5, 5.41) is 0.511. The standard InChI is InChI=1S/C17H20ClNO4S/c1-13-12-14(18)4-9-17(13)24(20,21)19(2)10-11-23-16-7-5-15(22-3)6-8-16/h4-9,12H,10-11H2,1-3H3. The molecule has 5 nitrogen and oxygen atoms in total. The molecular formula is C17H20ClNO4S. The second kappa shape index (κ2) is 7.88. The Labute approximate surface area is 147 Å². The molecule has 0 aliphatic rings. The minimum absolute atomic E-state index is 0.233. The molecule has 0 aliphatic heterocycles. The molecule has 24 heavy (non-hydrogen) atoms. The number of ether oxygens (including phenoxy) is 2. The van der Waals surface area contributed by atoms with Crippen LogP contribution in [0, 0.1) is 6.92 Å². The van der Waals surface area contributed by atoms with Crippen LogP contribution in [0.25, 0.3) is 0 Å². The number of nitrogens with zero attached hydrogens (tertiary/aromatic N) is 1. The van der Waals surface area contributed by atoms with Crippen LogP contribution in [0.2, 0.25) is 5.02 Å². The van der Waals surface area contributed by atoms with E-state index in [1.165, 1.54) is 17.4 Å². The molecule has 0 saturated carbocycles. The number of rotatable bonds is 7. The average Bonchev–Trinajstić information content (AvgIpc) is 2.55. The first-order valence-electron chi connectivity index (χ1n) is 7.34. The average molecular weight is 370 g/mol. The topological polar surface area (TPSA) is 55.8 Å². The maximum absolute atomic E-state index is 12.6. The third-order valence-electron chi connectivity index (χ3n) is 3.56. The highest BCUT2D eigenvalue weighted by Gasteiger charge is 2.22. The van der Waals surface area contributed by atoms with Crippen molar-refractivity contribution in [1.82, 2.24) is 4.31 Å². The Hall–Kier alpha value is -1.76. The van der Waals surface area contributed by atoms with Crippen molar-refractivity contribution in [3.05, 3.63) is 53.1 Å². The predicted octanol–water partition coefficient (Wildman–Crippen LogP) is 3.36. The van der Waals surface area contributed by atoms with Crippen molar-refractivity contribution in [3.63, 3.8) is 0 Å². The third-order valence-corrected chi connectivity index (χ3v) is 5.81. The van der Waals surface area contributed by atoms with E-state index in [2.05, 4.69) is 0 Å². The van der Waals surface area contributed by atoms with Crippen LogP contribution in [0.1, 0.15) is 5.56 Å². The summed E-state index contributed by atoms with van der Waals surface area (Å²) in [6.07, 6.45) is 0. The summed E-state index contributed by atoms with van der Waals surface area (Å²) >= 11 is 5.88. The van der Waals surface area contributed by atoms with Crippen LogP contribution < -0.4 is 9.47 Å². The van der Waals surface area contributed by atoms with Gasteiger partial charge >= 0.3 is 0 Å². The minimum Gasteiger partial charge on any atom is -0.497 e. The second-order valence-corrected chi connectivity index (χ2v) is 7.71. The van der Waals surface area contributed by atoms with Crippen LogP contribution in [-0.4, -0.2) is 40.0 Å². The normalized spacial score (nSPS) is 11.5. The summed E-state index contributed by atoms with van der Waals surface area (Å²) in [6.45, 7) is 2.20. The molecule has 7 heteroatoms. The molecule has 130 valence electrons. The van der Waals surface area contributed by atoms with Gasteiger partial charge in [-0.3, -0.25) is 0 Å². The Bertz CT molecular complexity index is 791. The maximum atomic E-state index is 12.6. The maximum Gasteiger partial charge on any atom is 0.243 e. The number of aryl methyl sites for hydroxylation is 1. The molecular weight excluding hydrogens is 350 g/mol. The van der Waals surface area contributed by atoms with Crippen LogP contribution in [0.15, 0.2) is 47.4 Å². The van der Waals surface area contributed by atoms with E-state index < -0.39 is 10.0 Å². The van der Waals surface area contributed by atoms with Gasteiger partial charge < -0.3 is 9.47 Å². The quantitative estimate of drug-likeness (QED) is 0.751. The molecule has 0 radical (unpaired) electrons. The lowest BCUT2D eigenvalue weighted by Gasteiger charge is -2.19. The summed E-state index contributed by atoms with van der Waals surface area (Å²) in [5.41, 5.74) is 0.616. The van der Waals surface area contributed by atoms with E-state index in [0.29, 0.717) is 16.3 Å². The highest BCUT2D eigenvalue weighted by molar-refractivity contribution is 7.89. The highest BCUT2D eigenvalue weighted by Crippen LogP contribution is 2.22. The number of halogens is 1. The zero-order valence-corrected chi connectivity index (χ0v) is 15.4. The van der Waals surface area contributed by atoms with Crippen LogP contribution >= 0.6 is 11.6 Å². The van der Waals surface area contributed by atoms with Crippen molar-refractivity contribution in [3.8, 4) is 11.5 Å². The van der Waals surface area contributed by atoms with Crippen molar-refractivity contribution < 1.29 is 17.9 Å². The summed E-state index contributed by atoms with van der Waals surface area (Å²) in [6, 6.07) is 11.8. The Morgan fingerprint density at radius 1 is 1.08 bits per heavy atom. The van der Waals surface area contributed by atoms with Gasteiger partial charge in [0.15, 0.2) is 0 Å². The summed E-state index contributed by atoms with van der Waals surface area (Å²) in [5.74, 6) is 1.39. The van der Waals surface area contributed by atoms with Crippen molar-refractivity contribution in [1.29, 1.82) is 0 Å². The second-order valence-electron chi connectivity index (χ2n) is 5.26. The zero-order chi connectivity index (χ0) is 17.7.